The molecule has 0 saturated heterocycles. The number of carboxylic acids is 1. The Morgan fingerprint density at radius 3 is 2.47 bits per heavy atom. The summed E-state index contributed by atoms with van der Waals surface area (Å²) in [6.45, 7) is 4.92. The molecule has 6 heteroatoms. The number of carbonyl (C=O) groups is 1. The van der Waals surface area contributed by atoms with E-state index in [4.69, 9.17) is 9.84 Å². The predicted octanol–water partition coefficient (Wildman–Crippen LogP) is 2.39. The van der Waals surface area contributed by atoms with E-state index >= 15 is 0 Å². The third kappa shape index (κ3) is 2.93. The lowest BCUT2D eigenvalue weighted by molar-refractivity contribution is -0.385. The molecule has 0 fully saturated rings. The molecule has 0 aliphatic rings. The highest BCUT2D eigenvalue weighted by molar-refractivity contribution is 5.91. The number of aromatic carboxylic acids is 1. The van der Waals surface area contributed by atoms with Crippen molar-refractivity contribution in [3.05, 3.63) is 33.4 Å². The molecule has 92 valence electrons. The average molecular weight is 239 g/mol. The summed E-state index contributed by atoms with van der Waals surface area (Å²) < 4.78 is 5.28. The summed E-state index contributed by atoms with van der Waals surface area (Å²) in [6.07, 6.45) is -0.182. The Bertz CT molecular complexity index is 432. The standard InChI is InChI=1S/C11H13NO5/c1-6(2)17-8-4-9(11(13)14)7(3)10(5-8)12(15)16/h4-6H,1-3H3,(H,13,14). The molecule has 1 aromatic rings. The predicted molar refractivity (Wildman–Crippen MR) is 60.6 cm³/mol. The molecular formula is C11H13NO5. The second kappa shape index (κ2) is 4.82. The molecular weight excluding hydrogens is 226 g/mol. The second-order valence-electron chi connectivity index (χ2n) is 3.84. The van der Waals surface area contributed by atoms with Crippen LogP contribution in [0.1, 0.15) is 29.8 Å². The number of carboxylic acid groups (broad SMARTS) is 1. The topological polar surface area (TPSA) is 89.7 Å². The first-order valence-electron chi connectivity index (χ1n) is 5.02. The largest absolute Gasteiger partial charge is 0.491 e. The van der Waals surface area contributed by atoms with Crippen LogP contribution in [0.2, 0.25) is 0 Å². The SMILES string of the molecule is Cc1c(C(=O)O)cc(OC(C)C)cc1[N+](=O)[O-]. The molecule has 6 nitrogen and oxygen atoms in total. The smallest absolute Gasteiger partial charge is 0.336 e. The molecule has 0 heterocycles. The van der Waals surface area contributed by atoms with E-state index in [1.54, 1.807) is 13.8 Å². The molecule has 0 radical (unpaired) electrons. The van der Waals surface area contributed by atoms with Crippen molar-refractivity contribution < 1.29 is 19.6 Å². The van der Waals surface area contributed by atoms with E-state index < -0.39 is 10.9 Å². The zero-order valence-corrected chi connectivity index (χ0v) is 9.76. The number of nitro groups is 1. The van der Waals surface area contributed by atoms with Crippen LogP contribution in [-0.4, -0.2) is 22.1 Å². The molecule has 0 aromatic heterocycles. The van der Waals surface area contributed by atoms with Crippen LogP contribution in [0, 0.1) is 17.0 Å². The minimum atomic E-state index is -1.21. The highest BCUT2D eigenvalue weighted by Gasteiger charge is 2.20. The van der Waals surface area contributed by atoms with Gasteiger partial charge >= 0.3 is 5.97 Å². The molecule has 1 aromatic carbocycles. The highest BCUT2D eigenvalue weighted by atomic mass is 16.6. The van der Waals surface area contributed by atoms with Gasteiger partial charge < -0.3 is 9.84 Å². The van der Waals surface area contributed by atoms with Crippen LogP contribution in [0.3, 0.4) is 0 Å². The van der Waals surface area contributed by atoms with Crippen molar-refractivity contribution in [1.82, 2.24) is 0 Å². The molecule has 0 unspecified atom stereocenters. The van der Waals surface area contributed by atoms with Crippen LogP contribution in [0.25, 0.3) is 0 Å². The summed E-state index contributed by atoms with van der Waals surface area (Å²) in [4.78, 5) is 21.1. The lowest BCUT2D eigenvalue weighted by Gasteiger charge is -2.11. The van der Waals surface area contributed by atoms with E-state index in [-0.39, 0.29) is 28.7 Å². The van der Waals surface area contributed by atoms with Gasteiger partial charge in [-0.3, -0.25) is 10.1 Å². The Morgan fingerprint density at radius 2 is 2.06 bits per heavy atom. The zero-order valence-electron chi connectivity index (χ0n) is 9.76. The normalized spacial score (nSPS) is 10.4. The third-order valence-corrected chi connectivity index (χ3v) is 2.15. The summed E-state index contributed by atoms with van der Waals surface area (Å²) in [6, 6.07) is 2.53. The molecule has 1 rings (SSSR count). The van der Waals surface area contributed by atoms with Crippen LogP contribution < -0.4 is 4.74 Å². The molecule has 0 atom stereocenters. The number of nitro benzene ring substituents is 1. The van der Waals surface area contributed by atoms with E-state index in [9.17, 15) is 14.9 Å². The minimum absolute atomic E-state index is 0.116. The fraction of sp³-hybridized carbons (Fsp3) is 0.364. The van der Waals surface area contributed by atoms with Crippen molar-refractivity contribution in [2.24, 2.45) is 0 Å². The lowest BCUT2D eigenvalue weighted by Crippen LogP contribution is -2.09. The number of hydrogen-bond acceptors (Lipinski definition) is 4. The zero-order chi connectivity index (χ0) is 13.2. The van der Waals surface area contributed by atoms with Crippen molar-refractivity contribution in [3.63, 3.8) is 0 Å². The third-order valence-electron chi connectivity index (χ3n) is 2.15. The first kappa shape index (κ1) is 13.0. The fourth-order valence-electron chi connectivity index (χ4n) is 1.43. The maximum Gasteiger partial charge on any atom is 0.336 e. The number of benzene rings is 1. The summed E-state index contributed by atoms with van der Waals surface area (Å²) >= 11 is 0. The first-order valence-corrected chi connectivity index (χ1v) is 5.02. The van der Waals surface area contributed by atoms with Crippen molar-refractivity contribution in [2.45, 2.75) is 26.9 Å². The maximum atomic E-state index is 11.0. The van der Waals surface area contributed by atoms with Crippen LogP contribution in [0.5, 0.6) is 5.75 Å². The fourth-order valence-corrected chi connectivity index (χ4v) is 1.43. The first-order chi connectivity index (χ1) is 7.82. The van der Waals surface area contributed by atoms with E-state index in [0.717, 1.165) is 0 Å². The molecule has 17 heavy (non-hydrogen) atoms. The Morgan fingerprint density at radius 1 is 1.47 bits per heavy atom. The number of nitrogens with zero attached hydrogens (tertiary/aromatic N) is 1. The number of rotatable bonds is 4. The van der Waals surface area contributed by atoms with Gasteiger partial charge in [-0.2, -0.15) is 0 Å². The Hall–Kier alpha value is -2.11. The molecule has 0 saturated carbocycles. The van der Waals surface area contributed by atoms with Crippen LogP contribution in [0.15, 0.2) is 12.1 Å². The summed E-state index contributed by atoms with van der Waals surface area (Å²) in [5.41, 5.74) is -0.242. The van der Waals surface area contributed by atoms with Gasteiger partial charge in [-0.05, 0) is 26.8 Å². The van der Waals surface area contributed by atoms with Crippen molar-refractivity contribution >= 4 is 11.7 Å². The van der Waals surface area contributed by atoms with Gasteiger partial charge in [-0.1, -0.05) is 0 Å². The van der Waals surface area contributed by atoms with Gasteiger partial charge in [0.15, 0.2) is 0 Å². The van der Waals surface area contributed by atoms with Gasteiger partial charge in [-0.25, -0.2) is 4.79 Å². The van der Waals surface area contributed by atoms with Crippen molar-refractivity contribution in [2.75, 3.05) is 0 Å². The van der Waals surface area contributed by atoms with E-state index in [2.05, 4.69) is 0 Å². The average Bonchev–Trinajstić information content (AvgIpc) is 2.18. The van der Waals surface area contributed by atoms with Gasteiger partial charge in [0.05, 0.1) is 22.7 Å². The molecule has 0 aliphatic heterocycles. The van der Waals surface area contributed by atoms with Gasteiger partial charge in [0.25, 0.3) is 5.69 Å². The minimum Gasteiger partial charge on any atom is -0.491 e. The van der Waals surface area contributed by atoms with Crippen molar-refractivity contribution in [1.29, 1.82) is 0 Å². The molecule has 0 amide bonds. The van der Waals surface area contributed by atoms with E-state index in [0.29, 0.717) is 0 Å². The van der Waals surface area contributed by atoms with Crippen LogP contribution in [-0.2, 0) is 0 Å². The maximum absolute atomic E-state index is 11.0. The van der Waals surface area contributed by atoms with Crippen molar-refractivity contribution in [3.8, 4) is 5.75 Å². The summed E-state index contributed by atoms with van der Waals surface area (Å²) in [5, 5.41) is 19.7. The van der Waals surface area contributed by atoms with Crippen LogP contribution >= 0.6 is 0 Å². The lowest BCUT2D eigenvalue weighted by atomic mass is 10.1. The Labute approximate surface area is 98.0 Å². The number of ether oxygens (including phenoxy) is 1. The monoisotopic (exact) mass is 239 g/mol. The van der Waals surface area contributed by atoms with E-state index in [1.807, 2.05) is 0 Å². The highest BCUT2D eigenvalue weighted by Crippen LogP contribution is 2.28. The van der Waals surface area contributed by atoms with Gasteiger partial charge in [0, 0.05) is 5.56 Å². The molecule has 1 N–H and O–H groups in total. The van der Waals surface area contributed by atoms with Gasteiger partial charge in [0.2, 0.25) is 0 Å². The van der Waals surface area contributed by atoms with Gasteiger partial charge in [0.1, 0.15) is 5.75 Å². The van der Waals surface area contributed by atoms with E-state index in [1.165, 1.54) is 19.1 Å². The summed E-state index contributed by atoms with van der Waals surface area (Å²) in [5.74, 6) is -1.02. The Kier molecular flexibility index (Phi) is 3.67. The molecule has 0 spiro atoms. The Balaban J connectivity index is 3.36. The second-order valence-corrected chi connectivity index (χ2v) is 3.84. The van der Waals surface area contributed by atoms with Crippen LogP contribution in [0.4, 0.5) is 5.69 Å². The molecule has 0 aliphatic carbocycles. The molecule has 0 bridgehead atoms. The number of hydrogen-bond donors (Lipinski definition) is 1. The quantitative estimate of drug-likeness (QED) is 0.643. The summed E-state index contributed by atoms with van der Waals surface area (Å²) in [7, 11) is 0. The van der Waals surface area contributed by atoms with Gasteiger partial charge in [-0.15, -0.1) is 0 Å².